The van der Waals surface area contributed by atoms with Gasteiger partial charge in [0.2, 0.25) is 11.3 Å². The minimum Gasteiger partial charge on any atom is -0.478 e. The second kappa shape index (κ2) is 8.60. The number of carbonyl (C=O) groups excluding carboxylic acids is 1. The molecule has 0 atom stereocenters. The van der Waals surface area contributed by atoms with Crippen LogP contribution < -0.4 is 15.5 Å². The van der Waals surface area contributed by atoms with E-state index in [9.17, 15) is 9.59 Å². The first-order valence-corrected chi connectivity index (χ1v) is 9.61. The van der Waals surface area contributed by atoms with Crippen molar-refractivity contribution >= 4 is 16.9 Å². The molecule has 0 aliphatic carbocycles. The van der Waals surface area contributed by atoms with E-state index in [1.54, 1.807) is 24.7 Å². The summed E-state index contributed by atoms with van der Waals surface area (Å²) in [5.74, 6) is -0.104. The maximum Gasteiger partial charge on any atom is 0.257 e. The molecule has 4 rings (SSSR count). The number of hydrogen-bond donors (Lipinski definition) is 2. The summed E-state index contributed by atoms with van der Waals surface area (Å²) in [5.41, 5.74) is 2.38. The first kappa shape index (κ1) is 19.4. The second-order valence-corrected chi connectivity index (χ2v) is 6.74. The lowest BCUT2D eigenvalue weighted by Gasteiger charge is -2.08. The van der Waals surface area contributed by atoms with E-state index in [1.165, 1.54) is 6.20 Å². The van der Waals surface area contributed by atoms with Crippen molar-refractivity contribution < 1.29 is 9.53 Å². The van der Waals surface area contributed by atoms with E-state index >= 15 is 0 Å². The Kier molecular flexibility index (Phi) is 5.56. The van der Waals surface area contributed by atoms with Crippen molar-refractivity contribution in [2.24, 2.45) is 0 Å². The largest absolute Gasteiger partial charge is 0.478 e. The third-order valence-electron chi connectivity index (χ3n) is 4.64. The maximum absolute atomic E-state index is 12.7. The number of nitrogens with one attached hydrogen (secondary N) is 2. The number of fused-ring (bicyclic) bond motifs is 1. The van der Waals surface area contributed by atoms with E-state index in [2.05, 4.69) is 20.3 Å². The molecule has 0 radical (unpaired) electrons. The number of amides is 1. The number of ether oxygens (including phenoxy) is 1. The van der Waals surface area contributed by atoms with Crippen molar-refractivity contribution in [3.8, 4) is 5.88 Å². The van der Waals surface area contributed by atoms with Gasteiger partial charge < -0.3 is 19.6 Å². The Morgan fingerprint density at radius 3 is 2.70 bits per heavy atom. The summed E-state index contributed by atoms with van der Waals surface area (Å²) in [6.07, 6.45) is 6.82. The monoisotopic (exact) mass is 403 g/mol. The smallest absolute Gasteiger partial charge is 0.257 e. The second-order valence-electron chi connectivity index (χ2n) is 6.74. The first-order valence-electron chi connectivity index (χ1n) is 9.61. The Balaban J connectivity index is 1.45. The lowest BCUT2D eigenvalue weighted by Crippen LogP contribution is -2.28. The summed E-state index contributed by atoms with van der Waals surface area (Å²) in [4.78, 5) is 36.5. The molecular weight excluding hydrogens is 382 g/mol. The highest BCUT2D eigenvalue weighted by Gasteiger charge is 2.14. The number of benzene rings is 1. The summed E-state index contributed by atoms with van der Waals surface area (Å²) in [5, 5.41) is 2.79. The van der Waals surface area contributed by atoms with E-state index < -0.39 is 11.3 Å². The predicted octanol–water partition coefficient (Wildman–Crippen LogP) is 2.50. The van der Waals surface area contributed by atoms with Gasteiger partial charge in [0.05, 0.1) is 18.5 Å². The van der Waals surface area contributed by atoms with Crippen LogP contribution in [0.25, 0.3) is 11.0 Å². The van der Waals surface area contributed by atoms with E-state index in [0.717, 1.165) is 17.7 Å². The van der Waals surface area contributed by atoms with Crippen molar-refractivity contribution in [1.82, 2.24) is 24.8 Å². The highest BCUT2D eigenvalue weighted by Crippen LogP contribution is 2.13. The van der Waals surface area contributed by atoms with Crippen molar-refractivity contribution in [3.05, 3.63) is 88.2 Å². The Labute approximate surface area is 172 Å². The molecule has 3 aromatic heterocycles. The molecule has 0 unspecified atom stereocenters. The van der Waals surface area contributed by atoms with Gasteiger partial charge in [-0.2, -0.15) is 0 Å². The minimum atomic E-state index is -0.454. The SMILES string of the molecule is CCOc1ccc2[nH]cc(C(=O)NCc3ccc(Cn4ccnc4)cc3)c(=O)c2n1. The zero-order valence-electron chi connectivity index (χ0n) is 16.5. The van der Waals surface area contributed by atoms with Crippen LogP contribution in [0.5, 0.6) is 5.88 Å². The summed E-state index contributed by atoms with van der Waals surface area (Å²) >= 11 is 0. The van der Waals surface area contributed by atoms with Gasteiger partial charge in [0.1, 0.15) is 11.1 Å². The van der Waals surface area contributed by atoms with Gasteiger partial charge in [0, 0.05) is 37.7 Å². The summed E-state index contributed by atoms with van der Waals surface area (Å²) in [6, 6.07) is 11.3. The van der Waals surface area contributed by atoms with Gasteiger partial charge in [-0.15, -0.1) is 0 Å². The predicted molar refractivity (Wildman–Crippen MR) is 112 cm³/mol. The van der Waals surface area contributed by atoms with Crippen molar-refractivity contribution in [3.63, 3.8) is 0 Å². The summed E-state index contributed by atoms with van der Waals surface area (Å²) in [7, 11) is 0. The van der Waals surface area contributed by atoms with Crippen LogP contribution in [0.4, 0.5) is 0 Å². The van der Waals surface area contributed by atoms with Crippen LogP contribution in [0.15, 0.2) is 66.1 Å². The average Bonchev–Trinajstić information content (AvgIpc) is 3.27. The lowest BCUT2D eigenvalue weighted by molar-refractivity contribution is 0.0949. The third kappa shape index (κ3) is 4.22. The number of aromatic amines is 1. The van der Waals surface area contributed by atoms with Gasteiger partial charge in [0.25, 0.3) is 5.91 Å². The van der Waals surface area contributed by atoms with E-state index in [1.807, 2.05) is 42.0 Å². The number of rotatable bonds is 7. The molecular formula is C22H21N5O3. The van der Waals surface area contributed by atoms with Gasteiger partial charge in [0.15, 0.2) is 0 Å². The van der Waals surface area contributed by atoms with Gasteiger partial charge in [-0.3, -0.25) is 9.59 Å². The molecule has 0 saturated carbocycles. The number of H-pyrrole nitrogens is 1. The lowest BCUT2D eigenvalue weighted by atomic mass is 10.1. The summed E-state index contributed by atoms with van der Waals surface area (Å²) in [6.45, 7) is 3.33. The number of carbonyl (C=O) groups is 1. The zero-order chi connectivity index (χ0) is 20.9. The number of aromatic nitrogens is 4. The number of hydrogen-bond acceptors (Lipinski definition) is 5. The molecule has 1 amide bonds. The molecule has 0 bridgehead atoms. The van der Waals surface area contributed by atoms with Crippen LogP contribution in [-0.4, -0.2) is 32.0 Å². The molecule has 8 nitrogen and oxygen atoms in total. The van der Waals surface area contributed by atoms with E-state index in [0.29, 0.717) is 24.5 Å². The van der Waals surface area contributed by atoms with Gasteiger partial charge in [-0.25, -0.2) is 9.97 Å². The van der Waals surface area contributed by atoms with Gasteiger partial charge in [-0.1, -0.05) is 24.3 Å². The van der Waals surface area contributed by atoms with E-state index in [-0.39, 0.29) is 11.1 Å². The standard InChI is InChI=1S/C22H21N5O3/c1-2-30-19-8-7-18-20(26-19)21(28)17(12-24-18)22(29)25-11-15-3-5-16(6-4-15)13-27-10-9-23-14-27/h3-10,12,14H,2,11,13H2,1H3,(H,24,28)(H,25,29). The molecule has 0 spiro atoms. The molecule has 1 aromatic carbocycles. The highest BCUT2D eigenvalue weighted by atomic mass is 16.5. The first-order chi connectivity index (χ1) is 14.6. The molecule has 0 fully saturated rings. The fourth-order valence-electron chi connectivity index (χ4n) is 3.10. The van der Waals surface area contributed by atoms with Crippen molar-refractivity contribution in [1.29, 1.82) is 0 Å². The molecule has 0 aliphatic rings. The number of imidazole rings is 1. The van der Waals surface area contributed by atoms with Crippen LogP contribution in [0.1, 0.15) is 28.4 Å². The quantitative estimate of drug-likeness (QED) is 0.494. The van der Waals surface area contributed by atoms with Crippen LogP contribution in [-0.2, 0) is 13.1 Å². The van der Waals surface area contributed by atoms with Gasteiger partial charge >= 0.3 is 0 Å². The molecule has 8 heteroatoms. The van der Waals surface area contributed by atoms with Crippen LogP contribution >= 0.6 is 0 Å². The maximum atomic E-state index is 12.7. The Bertz CT molecular complexity index is 1210. The Morgan fingerprint density at radius 2 is 1.97 bits per heavy atom. The summed E-state index contributed by atoms with van der Waals surface area (Å²) < 4.78 is 7.33. The number of pyridine rings is 2. The highest BCUT2D eigenvalue weighted by molar-refractivity contribution is 5.96. The molecule has 30 heavy (non-hydrogen) atoms. The Morgan fingerprint density at radius 1 is 1.17 bits per heavy atom. The molecule has 4 aromatic rings. The molecule has 2 N–H and O–H groups in total. The van der Waals surface area contributed by atoms with Crippen LogP contribution in [0, 0.1) is 0 Å². The fourth-order valence-corrected chi connectivity index (χ4v) is 3.10. The van der Waals surface area contributed by atoms with Crippen LogP contribution in [0.3, 0.4) is 0 Å². The van der Waals surface area contributed by atoms with E-state index in [4.69, 9.17) is 4.74 Å². The molecule has 3 heterocycles. The topological polar surface area (TPSA) is 102 Å². The molecule has 0 saturated heterocycles. The van der Waals surface area contributed by atoms with Crippen molar-refractivity contribution in [2.45, 2.75) is 20.0 Å². The fraction of sp³-hybridized carbons (Fsp3) is 0.182. The third-order valence-corrected chi connectivity index (χ3v) is 4.64. The number of nitrogens with zero attached hydrogens (tertiary/aromatic N) is 3. The average molecular weight is 403 g/mol. The normalized spacial score (nSPS) is 10.8. The Hall–Kier alpha value is -3.94. The molecule has 152 valence electrons. The minimum absolute atomic E-state index is 0.0142. The zero-order valence-corrected chi connectivity index (χ0v) is 16.5. The molecule has 0 aliphatic heterocycles. The van der Waals surface area contributed by atoms with Crippen LogP contribution in [0.2, 0.25) is 0 Å². The van der Waals surface area contributed by atoms with Crippen molar-refractivity contribution in [2.75, 3.05) is 6.61 Å². The van der Waals surface area contributed by atoms with Gasteiger partial charge in [-0.05, 0) is 24.1 Å².